The quantitative estimate of drug-likeness (QED) is 0.655. The van der Waals surface area contributed by atoms with E-state index in [9.17, 15) is 0 Å². The van der Waals surface area contributed by atoms with Gasteiger partial charge in [-0.2, -0.15) is 0 Å². The molecule has 0 heterocycles. The van der Waals surface area contributed by atoms with E-state index in [1.165, 1.54) is 5.56 Å². The molecule has 1 N–H and O–H groups in total. The van der Waals surface area contributed by atoms with Crippen molar-refractivity contribution in [3.05, 3.63) is 34.3 Å². The number of likely N-dealkylation sites (N-methyl/N-ethyl adjacent to an activating group) is 1. The summed E-state index contributed by atoms with van der Waals surface area (Å²) in [6.07, 6.45) is 0.0649. The van der Waals surface area contributed by atoms with Gasteiger partial charge in [-0.15, -0.1) is 0 Å². The monoisotopic (exact) mass is 343 g/mol. The third kappa shape index (κ3) is 7.39. The Hall–Kier alpha value is -0.420. The van der Waals surface area contributed by atoms with Crippen LogP contribution in [0, 0.1) is 5.92 Å². The Bertz CT molecular complexity index is 371. The molecule has 1 aromatic carbocycles. The molecule has 0 saturated carbocycles. The first-order chi connectivity index (χ1) is 9.63. The summed E-state index contributed by atoms with van der Waals surface area (Å²) in [4.78, 5) is 0. The van der Waals surface area contributed by atoms with Crippen molar-refractivity contribution < 1.29 is 9.47 Å². The number of hydrogen-bond acceptors (Lipinski definition) is 3. The summed E-state index contributed by atoms with van der Waals surface area (Å²) in [5.41, 5.74) is 1.18. The standard InChI is InChI=1S/C16H26BrNO2/c1-4-18-11-16(14-6-5-7-15(17)10-14)20-9-8-19-12-13(2)3/h5-7,10,13,16,18H,4,8-9,11-12H2,1-3H3. The Morgan fingerprint density at radius 3 is 2.70 bits per heavy atom. The summed E-state index contributed by atoms with van der Waals surface area (Å²) in [7, 11) is 0. The third-order valence-electron chi connectivity index (χ3n) is 2.80. The van der Waals surface area contributed by atoms with Gasteiger partial charge in [-0.05, 0) is 30.2 Å². The maximum Gasteiger partial charge on any atom is 0.0950 e. The van der Waals surface area contributed by atoms with Crippen LogP contribution in [0.15, 0.2) is 28.7 Å². The molecule has 0 aromatic heterocycles. The molecule has 114 valence electrons. The van der Waals surface area contributed by atoms with Crippen molar-refractivity contribution in [2.24, 2.45) is 5.92 Å². The molecule has 1 aromatic rings. The van der Waals surface area contributed by atoms with Gasteiger partial charge in [0.25, 0.3) is 0 Å². The van der Waals surface area contributed by atoms with Gasteiger partial charge in [0.2, 0.25) is 0 Å². The molecule has 1 unspecified atom stereocenters. The summed E-state index contributed by atoms with van der Waals surface area (Å²) in [6, 6.07) is 8.27. The van der Waals surface area contributed by atoms with Gasteiger partial charge in [0.1, 0.15) is 0 Å². The molecule has 0 fully saturated rings. The van der Waals surface area contributed by atoms with E-state index in [4.69, 9.17) is 9.47 Å². The van der Waals surface area contributed by atoms with Gasteiger partial charge in [-0.3, -0.25) is 0 Å². The highest BCUT2D eigenvalue weighted by atomic mass is 79.9. The molecular weight excluding hydrogens is 318 g/mol. The van der Waals surface area contributed by atoms with E-state index in [1.54, 1.807) is 0 Å². The van der Waals surface area contributed by atoms with Crippen molar-refractivity contribution in [1.82, 2.24) is 5.32 Å². The molecule has 0 spiro atoms. The lowest BCUT2D eigenvalue weighted by Crippen LogP contribution is -2.24. The topological polar surface area (TPSA) is 30.5 Å². The number of nitrogens with one attached hydrogen (secondary N) is 1. The van der Waals surface area contributed by atoms with E-state index in [2.05, 4.69) is 54.2 Å². The van der Waals surface area contributed by atoms with Gasteiger partial charge in [-0.1, -0.05) is 48.8 Å². The second-order valence-corrected chi connectivity index (χ2v) is 6.11. The van der Waals surface area contributed by atoms with Crippen LogP contribution < -0.4 is 5.32 Å². The predicted molar refractivity (Wildman–Crippen MR) is 87.0 cm³/mol. The lowest BCUT2D eigenvalue weighted by Gasteiger charge is -2.19. The fourth-order valence-corrected chi connectivity index (χ4v) is 2.24. The van der Waals surface area contributed by atoms with Gasteiger partial charge >= 0.3 is 0 Å². The molecule has 0 saturated heterocycles. The van der Waals surface area contributed by atoms with E-state index in [1.807, 2.05) is 12.1 Å². The lowest BCUT2D eigenvalue weighted by molar-refractivity contribution is -0.00114. The minimum atomic E-state index is 0.0649. The van der Waals surface area contributed by atoms with E-state index in [0.717, 1.165) is 24.2 Å². The second kappa shape index (κ2) is 10.3. The normalized spacial score (nSPS) is 12.8. The minimum Gasteiger partial charge on any atom is -0.379 e. The highest BCUT2D eigenvalue weighted by molar-refractivity contribution is 9.10. The molecule has 0 bridgehead atoms. The number of rotatable bonds is 10. The maximum atomic E-state index is 5.96. The van der Waals surface area contributed by atoms with Gasteiger partial charge in [-0.25, -0.2) is 0 Å². The Morgan fingerprint density at radius 1 is 1.25 bits per heavy atom. The fraction of sp³-hybridized carbons (Fsp3) is 0.625. The summed E-state index contributed by atoms with van der Waals surface area (Å²) >= 11 is 3.51. The largest absolute Gasteiger partial charge is 0.379 e. The number of halogens is 1. The highest BCUT2D eigenvalue weighted by Gasteiger charge is 2.11. The maximum absolute atomic E-state index is 5.96. The van der Waals surface area contributed by atoms with Gasteiger partial charge in [0, 0.05) is 17.6 Å². The summed E-state index contributed by atoms with van der Waals surface area (Å²) in [5.74, 6) is 0.567. The van der Waals surface area contributed by atoms with E-state index >= 15 is 0 Å². The van der Waals surface area contributed by atoms with Crippen LogP contribution in [-0.2, 0) is 9.47 Å². The molecule has 0 aliphatic heterocycles. The first kappa shape index (κ1) is 17.6. The smallest absolute Gasteiger partial charge is 0.0950 e. The van der Waals surface area contributed by atoms with Crippen molar-refractivity contribution in [3.63, 3.8) is 0 Å². The average molecular weight is 344 g/mol. The van der Waals surface area contributed by atoms with Crippen molar-refractivity contribution in [2.45, 2.75) is 26.9 Å². The minimum absolute atomic E-state index is 0.0649. The van der Waals surface area contributed by atoms with Crippen LogP contribution in [0.5, 0.6) is 0 Å². The average Bonchev–Trinajstić information content (AvgIpc) is 2.41. The van der Waals surface area contributed by atoms with Crippen LogP contribution in [-0.4, -0.2) is 32.9 Å². The number of hydrogen-bond donors (Lipinski definition) is 1. The van der Waals surface area contributed by atoms with Gasteiger partial charge in [0.15, 0.2) is 0 Å². The fourth-order valence-electron chi connectivity index (χ4n) is 1.82. The van der Waals surface area contributed by atoms with E-state index < -0.39 is 0 Å². The molecule has 1 rings (SSSR count). The number of benzene rings is 1. The predicted octanol–water partition coefficient (Wildman–Crippen LogP) is 3.79. The van der Waals surface area contributed by atoms with Crippen molar-refractivity contribution in [3.8, 4) is 0 Å². The summed E-state index contributed by atoms with van der Waals surface area (Å²) in [6.45, 7) is 10.2. The molecule has 1 atom stereocenters. The molecule has 0 aliphatic carbocycles. The molecule has 0 amide bonds. The lowest BCUT2D eigenvalue weighted by atomic mass is 10.1. The molecule has 0 radical (unpaired) electrons. The SMILES string of the molecule is CCNCC(OCCOCC(C)C)c1cccc(Br)c1. The van der Waals surface area contributed by atoms with Crippen molar-refractivity contribution in [2.75, 3.05) is 32.9 Å². The first-order valence-electron chi connectivity index (χ1n) is 7.29. The molecule has 20 heavy (non-hydrogen) atoms. The van der Waals surface area contributed by atoms with Crippen LogP contribution in [0.25, 0.3) is 0 Å². The van der Waals surface area contributed by atoms with Gasteiger partial charge < -0.3 is 14.8 Å². The summed E-state index contributed by atoms with van der Waals surface area (Å²) in [5, 5.41) is 3.34. The zero-order chi connectivity index (χ0) is 14.8. The third-order valence-corrected chi connectivity index (χ3v) is 3.29. The van der Waals surface area contributed by atoms with Crippen LogP contribution in [0.3, 0.4) is 0 Å². The zero-order valence-corrected chi connectivity index (χ0v) is 14.3. The van der Waals surface area contributed by atoms with Crippen LogP contribution in [0.4, 0.5) is 0 Å². The molecule has 0 aliphatic rings. The van der Waals surface area contributed by atoms with Crippen LogP contribution in [0.1, 0.15) is 32.4 Å². The van der Waals surface area contributed by atoms with Crippen LogP contribution in [0.2, 0.25) is 0 Å². The first-order valence-corrected chi connectivity index (χ1v) is 8.08. The number of ether oxygens (including phenoxy) is 2. The van der Waals surface area contributed by atoms with Crippen molar-refractivity contribution in [1.29, 1.82) is 0 Å². The van der Waals surface area contributed by atoms with Crippen molar-refractivity contribution >= 4 is 15.9 Å². The zero-order valence-electron chi connectivity index (χ0n) is 12.7. The van der Waals surface area contributed by atoms with Crippen LogP contribution >= 0.6 is 15.9 Å². The molecule has 3 nitrogen and oxygen atoms in total. The Kier molecular flexibility index (Phi) is 9.10. The van der Waals surface area contributed by atoms with E-state index in [0.29, 0.717) is 19.1 Å². The van der Waals surface area contributed by atoms with E-state index in [-0.39, 0.29) is 6.10 Å². The Balaban J connectivity index is 2.44. The second-order valence-electron chi connectivity index (χ2n) is 5.19. The Labute approximate surface area is 131 Å². The molecule has 4 heteroatoms. The molecular formula is C16H26BrNO2. The highest BCUT2D eigenvalue weighted by Crippen LogP contribution is 2.20. The van der Waals surface area contributed by atoms with Gasteiger partial charge in [0.05, 0.1) is 19.3 Å². The Morgan fingerprint density at radius 2 is 2.05 bits per heavy atom. The summed E-state index contributed by atoms with van der Waals surface area (Å²) < 4.78 is 12.6.